The fourth-order valence-corrected chi connectivity index (χ4v) is 3.14. The standard InChI is InChI=1S/C12H13BrS/c1-9-7-11(13)5-4-10(9)8-12-3-2-6-14-12/h4-5,7-8H,2-3,6H2,1H3/b12-8+. The van der Waals surface area contributed by atoms with E-state index < -0.39 is 0 Å². The minimum Gasteiger partial charge on any atom is -0.131 e. The molecule has 0 saturated carbocycles. The van der Waals surface area contributed by atoms with Crippen LogP contribution in [0.15, 0.2) is 27.6 Å². The summed E-state index contributed by atoms with van der Waals surface area (Å²) in [6.07, 6.45) is 4.94. The number of benzene rings is 1. The lowest BCUT2D eigenvalue weighted by atomic mass is 10.1. The first-order chi connectivity index (χ1) is 6.75. The van der Waals surface area contributed by atoms with E-state index in [0.29, 0.717) is 0 Å². The van der Waals surface area contributed by atoms with E-state index in [2.05, 4.69) is 47.1 Å². The van der Waals surface area contributed by atoms with E-state index in [1.165, 1.54) is 34.6 Å². The molecule has 2 rings (SSSR count). The Bertz CT molecular complexity index is 361. The number of aryl methyl sites for hydroxylation is 1. The molecule has 0 atom stereocenters. The van der Waals surface area contributed by atoms with Crippen LogP contribution < -0.4 is 0 Å². The van der Waals surface area contributed by atoms with Gasteiger partial charge in [0.1, 0.15) is 0 Å². The lowest BCUT2D eigenvalue weighted by Crippen LogP contribution is -1.81. The summed E-state index contributed by atoms with van der Waals surface area (Å²) in [5.74, 6) is 1.29. The van der Waals surface area contributed by atoms with Crippen LogP contribution in [0.25, 0.3) is 6.08 Å². The lowest BCUT2D eigenvalue weighted by molar-refractivity contribution is 0.999. The molecule has 0 bridgehead atoms. The van der Waals surface area contributed by atoms with Crippen molar-refractivity contribution in [2.45, 2.75) is 19.8 Å². The third-order valence-electron chi connectivity index (χ3n) is 2.40. The zero-order valence-corrected chi connectivity index (χ0v) is 10.6. The molecule has 1 aromatic rings. The average molecular weight is 269 g/mol. The van der Waals surface area contributed by atoms with Crippen molar-refractivity contribution < 1.29 is 0 Å². The second-order valence-electron chi connectivity index (χ2n) is 3.56. The van der Waals surface area contributed by atoms with Crippen molar-refractivity contribution in [2.24, 2.45) is 0 Å². The van der Waals surface area contributed by atoms with Gasteiger partial charge in [0.05, 0.1) is 0 Å². The molecule has 1 aliphatic heterocycles. The van der Waals surface area contributed by atoms with Crippen molar-refractivity contribution in [3.8, 4) is 0 Å². The van der Waals surface area contributed by atoms with Gasteiger partial charge in [0.2, 0.25) is 0 Å². The summed E-state index contributed by atoms with van der Waals surface area (Å²) in [6, 6.07) is 6.47. The molecule has 0 aliphatic carbocycles. The van der Waals surface area contributed by atoms with Crippen molar-refractivity contribution in [2.75, 3.05) is 5.75 Å². The van der Waals surface area contributed by atoms with E-state index >= 15 is 0 Å². The molecule has 0 N–H and O–H groups in total. The Morgan fingerprint density at radius 2 is 2.29 bits per heavy atom. The van der Waals surface area contributed by atoms with Crippen LogP contribution in [0, 0.1) is 6.92 Å². The van der Waals surface area contributed by atoms with Crippen LogP contribution in [0.2, 0.25) is 0 Å². The highest BCUT2D eigenvalue weighted by Crippen LogP contribution is 2.32. The van der Waals surface area contributed by atoms with Crippen molar-refractivity contribution in [3.05, 3.63) is 38.7 Å². The minimum absolute atomic E-state index is 1.16. The fourth-order valence-electron chi connectivity index (χ4n) is 1.61. The second kappa shape index (κ2) is 4.54. The molecule has 1 saturated heterocycles. The van der Waals surface area contributed by atoms with Crippen molar-refractivity contribution in [1.29, 1.82) is 0 Å². The number of halogens is 1. The van der Waals surface area contributed by atoms with Crippen LogP contribution in [0.3, 0.4) is 0 Å². The van der Waals surface area contributed by atoms with Gasteiger partial charge in [-0.15, -0.1) is 11.8 Å². The molecule has 0 unspecified atom stereocenters. The number of allylic oxidation sites excluding steroid dienone is 1. The summed E-state index contributed by atoms with van der Waals surface area (Å²) < 4.78 is 1.16. The SMILES string of the molecule is Cc1cc(Br)ccc1/C=C1\CCCS1. The Balaban J connectivity index is 2.28. The fraction of sp³-hybridized carbons (Fsp3) is 0.333. The third kappa shape index (κ3) is 2.43. The van der Waals surface area contributed by atoms with Gasteiger partial charge in [0.15, 0.2) is 0 Å². The molecule has 1 heterocycles. The normalized spacial score (nSPS) is 19.1. The van der Waals surface area contributed by atoms with Gasteiger partial charge in [-0.2, -0.15) is 0 Å². The largest absolute Gasteiger partial charge is 0.131 e. The van der Waals surface area contributed by atoms with Gasteiger partial charge >= 0.3 is 0 Å². The smallest absolute Gasteiger partial charge is 0.0178 e. The van der Waals surface area contributed by atoms with Gasteiger partial charge in [0, 0.05) is 4.47 Å². The number of hydrogen-bond donors (Lipinski definition) is 0. The van der Waals surface area contributed by atoms with E-state index in [1.807, 2.05) is 11.8 Å². The van der Waals surface area contributed by atoms with Crippen LogP contribution >= 0.6 is 27.7 Å². The molecule has 2 heteroatoms. The maximum Gasteiger partial charge on any atom is 0.0178 e. The highest BCUT2D eigenvalue weighted by molar-refractivity contribution is 9.10. The van der Waals surface area contributed by atoms with E-state index in [9.17, 15) is 0 Å². The third-order valence-corrected chi connectivity index (χ3v) is 4.08. The Morgan fingerprint density at radius 3 is 2.93 bits per heavy atom. The molecule has 1 aromatic carbocycles. The molecular weight excluding hydrogens is 256 g/mol. The molecule has 1 aliphatic rings. The van der Waals surface area contributed by atoms with E-state index in [0.717, 1.165) is 4.47 Å². The second-order valence-corrected chi connectivity index (χ2v) is 5.70. The summed E-state index contributed by atoms with van der Waals surface area (Å²) in [5, 5.41) is 0. The van der Waals surface area contributed by atoms with E-state index in [-0.39, 0.29) is 0 Å². The Labute approximate surface area is 97.9 Å². The van der Waals surface area contributed by atoms with Crippen molar-refractivity contribution >= 4 is 33.8 Å². The van der Waals surface area contributed by atoms with Crippen LogP contribution in [0.5, 0.6) is 0 Å². The summed E-state index contributed by atoms with van der Waals surface area (Å²) in [4.78, 5) is 1.54. The first kappa shape index (κ1) is 10.3. The molecule has 1 fully saturated rings. The predicted molar refractivity (Wildman–Crippen MR) is 68.5 cm³/mol. The summed E-state index contributed by atoms with van der Waals surface area (Å²) >= 11 is 5.48. The zero-order chi connectivity index (χ0) is 9.97. The highest BCUT2D eigenvalue weighted by atomic mass is 79.9. The predicted octanol–water partition coefficient (Wildman–Crippen LogP) is 4.63. The molecule has 0 spiro atoms. The number of hydrogen-bond acceptors (Lipinski definition) is 1. The maximum absolute atomic E-state index is 3.48. The molecule has 14 heavy (non-hydrogen) atoms. The summed E-state index contributed by atoms with van der Waals surface area (Å²) in [5.41, 5.74) is 2.71. The first-order valence-electron chi connectivity index (χ1n) is 4.85. The van der Waals surface area contributed by atoms with Crippen LogP contribution in [0.1, 0.15) is 24.0 Å². The lowest BCUT2D eigenvalue weighted by Gasteiger charge is -2.02. The molecule has 74 valence electrons. The van der Waals surface area contributed by atoms with Gasteiger partial charge in [-0.05, 0) is 59.8 Å². The van der Waals surface area contributed by atoms with Gasteiger partial charge in [0.25, 0.3) is 0 Å². The first-order valence-corrected chi connectivity index (χ1v) is 6.63. The Kier molecular flexibility index (Phi) is 3.34. The van der Waals surface area contributed by atoms with E-state index in [4.69, 9.17) is 0 Å². The van der Waals surface area contributed by atoms with Crippen LogP contribution in [0.4, 0.5) is 0 Å². The van der Waals surface area contributed by atoms with Gasteiger partial charge in [-0.25, -0.2) is 0 Å². The molecule has 0 aromatic heterocycles. The molecule has 0 nitrogen and oxygen atoms in total. The number of thioether (sulfide) groups is 1. The Morgan fingerprint density at radius 1 is 1.43 bits per heavy atom. The molecule has 0 amide bonds. The molecular formula is C12H13BrS. The minimum atomic E-state index is 1.16. The van der Waals surface area contributed by atoms with E-state index in [1.54, 1.807) is 0 Å². The summed E-state index contributed by atoms with van der Waals surface area (Å²) in [7, 11) is 0. The monoisotopic (exact) mass is 268 g/mol. The summed E-state index contributed by atoms with van der Waals surface area (Å²) in [6.45, 7) is 2.16. The van der Waals surface area contributed by atoms with Gasteiger partial charge < -0.3 is 0 Å². The van der Waals surface area contributed by atoms with Gasteiger partial charge in [-0.1, -0.05) is 22.0 Å². The number of rotatable bonds is 1. The topological polar surface area (TPSA) is 0 Å². The average Bonchev–Trinajstić information content (AvgIpc) is 2.62. The van der Waals surface area contributed by atoms with Crippen molar-refractivity contribution in [1.82, 2.24) is 0 Å². The molecule has 0 radical (unpaired) electrons. The van der Waals surface area contributed by atoms with Gasteiger partial charge in [-0.3, -0.25) is 0 Å². The zero-order valence-electron chi connectivity index (χ0n) is 8.22. The van der Waals surface area contributed by atoms with Crippen LogP contribution in [-0.4, -0.2) is 5.75 Å². The van der Waals surface area contributed by atoms with Crippen molar-refractivity contribution in [3.63, 3.8) is 0 Å². The van der Waals surface area contributed by atoms with Crippen LogP contribution in [-0.2, 0) is 0 Å². The quantitative estimate of drug-likeness (QED) is 0.716. The Hall–Kier alpha value is -0.210. The highest BCUT2D eigenvalue weighted by Gasteiger charge is 2.07. The maximum atomic E-state index is 3.48.